The van der Waals surface area contributed by atoms with Gasteiger partial charge in [0.1, 0.15) is 11.4 Å². The van der Waals surface area contributed by atoms with Crippen LogP contribution in [0.4, 0.5) is 34.1 Å². The molecule has 330 valence electrons. The number of benzene rings is 5. The normalized spacial score (nSPS) is 12.2. The molecule has 0 aliphatic carbocycles. The van der Waals surface area contributed by atoms with E-state index >= 15 is 0 Å². The number of carbonyl (C=O) groups excluding carboxylic acids is 6. The van der Waals surface area contributed by atoms with E-state index in [2.05, 4.69) is 41.7 Å². The van der Waals surface area contributed by atoms with Crippen LogP contribution in [0.2, 0.25) is 30.1 Å². The second-order valence-corrected chi connectivity index (χ2v) is 16.1. The summed E-state index contributed by atoms with van der Waals surface area (Å²) in [6, 6.07) is 17.7. The topological polar surface area (TPSA) is 200 Å². The van der Waals surface area contributed by atoms with Gasteiger partial charge < -0.3 is 21.3 Å². The molecule has 20 heteroatoms. The zero-order valence-corrected chi connectivity index (χ0v) is 38.7. The minimum absolute atomic E-state index is 0.0104. The van der Waals surface area contributed by atoms with Crippen molar-refractivity contribution in [2.45, 2.75) is 52.6 Å². The average molecular weight is 986 g/mol. The van der Waals surface area contributed by atoms with Crippen LogP contribution in [0.1, 0.15) is 59.5 Å². The fourth-order valence-electron chi connectivity index (χ4n) is 6.12. The number of anilines is 4. The van der Waals surface area contributed by atoms with Gasteiger partial charge in [0.25, 0.3) is 23.6 Å². The van der Waals surface area contributed by atoms with E-state index in [9.17, 15) is 28.8 Å². The second-order valence-electron chi connectivity index (χ2n) is 13.7. The Kier molecular flexibility index (Phi) is 17.1. The highest BCUT2D eigenvalue weighted by molar-refractivity contribution is 6.39. The molecule has 0 aliphatic rings. The van der Waals surface area contributed by atoms with E-state index in [0.29, 0.717) is 45.4 Å². The van der Waals surface area contributed by atoms with Crippen LogP contribution in [0.15, 0.2) is 105 Å². The lowest BCUT2D eigenvalue weighted by molar-refractivity contribution is -0.127. The van der Waals surface area contributed by atoms with Crippen molar-refractivity contribution in [3.05, 3.63) is 137 Å². The first kappa shape index (κ1) is 49.3. The molecule has 5 aromatic rings. The largest absolute Gasteiger partial charge is 0.323 e. The van der Waals surface area contributed by atoms with Gasteiger partial charge in [-0.15, -0.1) is 0 Å². The van der Waals surface area contributed by atoms with Gasteiger partial charge in [-0.25, -0.2) is 0 Å². The molecular formula is C44H36Cl6N8O6. The average Bonchev–Trinajstić information content (AvgIpc) is 3.24. The van der Waals surface area contributed by atoms with Crippen molar-refractivity contribution in [3.63, 3.8) is 0 Å². The van der Waals surface area contributed by atoms with E-state index in [-0.39, 0.29) is 54.0 Å². The van der Waals surface area contributed by atoms with Gasteiger partial charge >= 0.3 is 0 Å². The Balaban J connectivity index is 1.32. The predicted octanol–water partition coefficient (Wildman–Crippen LogP) is 12.6. The number of ketones is 2. The van der Waals surface area contributed by atoms with Gasteiger partial charge in [0.15, 0.2) is 11.6 Å². The van der Waals surface area contributed by atoms with Gasteiger partial charge in [-0.05, 0) is 111 Å². The third-order valence-electron chi connectivity index (χ3n) is 9.28. The molecule has 0 saturated carbocycles. The number of halogens is 6. The van der Waals surface area contributed by atoms with Crippen molar-refractivity contribution in [2.75, 3.05) is 21.3 Å². The summed E-state index contributed by atoms with van der Waals surface area (Å²) in [6.07, 6.45) is 0.753. The summed E-state index contributed by atoms with van der Waals surface area (Å²) < 4.78 is 0. The fraction of sp³-hybridized carbons (Fsp3) is 0.182. The number of hydrogen-bond acceptors (Lipinski definition) is 10. The van der Waals surface area contributed by atoms with Crippen LogP contribution in [0, 0.1) is 0 Å². The maximum absolute atomic E-state index is 13.6. The number of rotatable bonds is 16. The molecule has 0 saturated heterocycles. The van der Waals surface area contributed by atoms with Crippen LogP contribution in [-0.2, 0) is 32.0 Å². The Hall–Kier alpha value is -5.74. The maximum atomic E-state index is 13.6. The molecule has 0 aromatic heterocycles. The Morgan fingerprint density at radius 3 is 1.22 bits per heavy atom. The van der Waals surface area contributed by atoms with Gasteiger partial charge in [-0.3, -0.25) is 28.8 Å². The van der Waals surface area contributed by atoms with Crippen molar-refractivity contribution in [2.24, 2.45) is 20.5 Å². The molecule has 14 nitrogen and oxygen atoms in total. The quantitative estimate of drug-likeness (QED) is 0.0560. The van der Waals surface area contributed by atoms with Gasteiger partial charge in [0.05, 0.1) is 42.6 Å². The molecule has 4 amide bonds. The monoisotopic (exact) mass is 982 g/mol. The molecule has 5 rings (SSSR count). The number of carbonyl (C=O) groups is 6. The summed E-state index contributed by atoms with van der Waals surface area (Å²) >= 11 is 37.5. The first-order valence-electron chi connectivity index (χ1n) is 19.1. The molecule has 0 fully saturated rings. The lowest BCUT2D eigenvalue weighted by Crippen LogP contribution is -2.33. The number of azo groups is 2. The number of Topliss-reactive ketones (excluding diaryl/α,β-unsaturated/α-hetero) is 2. The van der Waals surface area contributed by atoms with E-state index in [1.807, 2.05) is 13.8 Å². The molecule has 0 aliphatic heterocycles. The highest BCUT2D eigenvalue weighted by atomic mass is 35.5. The van der Waals surface area contributed by atoms with Crippen molar-refractivity contribution in [1.82, 2.24) is 0 Å². The highest BCUT2D eigenvalue weighted by Gasteiger charge is 2.28. The van der Waals surface area contributed by atoms with Crippen LogP contribution in [-0.4, -0.2) is 47.3 Å². The summed E-state index contributed by atoms with van der Waals surface area (Å²) in [7, 11) is 0. The summed E-state index contributed by atoms with van der Waals surface area (Å²) in [5.74, 6) is -4.14. The maximum Gasteiger partial charge on any atom is 0.258 e. The van der Waals surface area contributed by atoms with E-state index in [1.165, 1.54) is 86.6 Å². The molecule has 2 unspecified atom stereocenters. The predicted molar refractivity (Wildman–Crippen MR) is 252 cm³/mol. The van der Waals surface area contributed by atoms with E-state index < -0.39 is 47.3 Å². The van der Waals surface area contributed by atoms with Crippen LogP contribution in [0.3, 0.4) is 0 Å². The summed E-state index contributed by atoms with van der Waals surface area (Å²) in [6.45, 7) is 6.00. The molecule has 0 radical (unpaired) electrons. The van der Waals surface area contributed by atoms with E-state index in [1.54, 1.807) is 12.1 Å². The second kappa shape index (κ2) is 22.2. The Labute approximate surface area is 397 Å². The third-order valence-corrected chi connectivity index (χ3v) is 11.2. The number of nitrogens with one attached hydrogen (secondary N) is 4. The standard InChI is InChI=1S/C44H36Cl6N8O6/c1-5-25-26(6-2)32(52-44(64)40(22(4)60)58-56-34-12-8-10-28(38(34)50)42(62)54-36-20-24(46)14-16-30(36)48)18-17-31(25)51-43(63)39(21(3)59)57-55-33-11-7-9-27(37(33)49)41(61)53-35-19-23(45)13-15-29(35)47/h7-20,39-40H,5-6H2,1-4H3,(H,51,63)(H,52,64)(H,53,61)(H,54,62). The van der Waals surface area contributed by atoms with Crippen LogP contribution >= 0.6 is 69.6 Å². The minimum Gasteiger partial charge on any atom is -0.323 e. The molecule has 2 atom stereocenters. The van der Waals surface area contributed by atoms with Gasteiger partial charge in [0, 0.05) is 21.4 Å². The molecule has 4 N–H and O–H groups in total. The van der Waals surface area contributed by atoms with Crippen molar-refractivity contribution in [3.8, 4) is 0 Å². The van der Waals surface area contributed by atoms with Gasteiger partial charge in [-0.2, -0.15) is 20.5 Å². The number of amides is 4. The third kappa shape index (κ3) is 12.1. The van der Waals surface area contributed by atoms with E-state index in [0.717, 1.165) is 0 Å². The van der Waals surface area contributed by atoms with Crippen LogP contribution < -0.4 is 21.3 Å². The van der Waals surface area contributed by atoms with Crippen LogP contribution in [0.5, 0.6) is 0 Å². The SMILES string of the molecule is CCc1c(NC(=O)C(N=Nc2cccc(C(=O)Nc3cc(Cl)ccc3Cl)c2Cl)C(C)=O)ccc(NC(=O)C(N=Nc2cccc(C(=O)Nc3cc(Cl)ccc3Cl)c2Cl)C(C)=O)c1CC. The minimum atomic E-state index is -1.61. The smallest absolute Gasteiger partial charge is 0.258 e. The Bertz CT molecular complexity index is 2560. The number of nitrogens with zero attached hydrogens (tertiary/aromatic N) is 4. The van der Waals surface area contributed by atoms with Crippen molar-refractivity contribution >= 4 is 139 Å². The highest BCUT2D eigenvalue weighted by Crippen LogP contribution is 2.34. The lowest BCUT2D eigenvalue weighted by Gasteiger charge is -2.20. The molecular weight excluding hydrogens is 949 g/mol. The molecule has 5 aromatic carbocycles. The lowest BCUT2D eigenvalue weighted by atomic mass is 9.98. The van der Waals surface area contributed by atoms with Crippen LogP contribution in [0.25, 0.3) is 0 Å². The summed E-state index contributed by atoms with van der Waals surface area (Å²) in [4.78, 5) is 78.8. The summed E-state index contributed by atoms with van der Waals surface area (Å²) in [5, 5.41) is 27.8. The van der Waals surface area contributed by atoms with Crippen molar-refractivity contribution in [1.29, 1.82) is 0 Å². The molecule has 0 heterocycles. The van der Waals surface area contributed by atoms with Crippen molar-refractivity contribution < 1.29 is 28.8 Å². The van der Waals surface area contributed by atoms with E-state index in [4.69, 9.17) is 69.6 Å². The molecule has 64 heavy (non-hydrogen) atoms. The Morgan fingerprint density at radius 2 is 0.875 bits per heavy atom. The molecule has 0 spiro atoms. The summed E-state index contributed by atoms with van der Waals surface area (Å²) in [5.41, 5.74) is 2.46. The zero-order chi connectivity index (χ0) is 46.8. The van der Waals surface area contributed by atoms with Gasteiger partial charge in [-0.1, -0.05) is 95.6 Å². The zero-order valence-electron chi connectivity index (χ0n) is 34.2. The van der Waals surface area contributed by atoms with Gasteiger partial charge in [0.2, 0.25) is 12.1 Å². The molecule has 0 bridgehead atoms. The first-order chi connectivity index (χ1) is 30.4. The fourth-order valence-corrected chi connectivity index (χ4v) is 7.30. The first-order valence-corrected chi connectivity index (χ1v) is 21.4. The number of hydrogen-bond donors (Lipinski definition) is 4. The Morgan fingerprint density at radius 1 is 0.500 bits per heavy atom.